The van der Waals surface area contributed by atoms with E-state index in [9.17, 15) is 4.79 Å². The third-order valence-corrected chi connectivity index (χ3v) is 4.97. The molecule has 0 N–H and O–H groups in total. The second kappa shape index (κ2) is 7.06. The van der Waals surface area contributed by atoms with Crippen molar-refractivity contribution in [3.8, 4) is 5.75 Å². The third-order valence-electron chi connectivity index (χ3n) is 4.97. The highest BCUT2D eigenvalue weighted by Gasteiger charge is 2.26. The molecule has 1 saturated carbocycles. The van der Waals surface area contributed by atoms with Crippen LogP contribution in [0.15, 0.2) is 6.20 Å². The van der Waals surface area contributed by atoms with Crippen molar-refractivity contribution in [3.05, 3.63) is 23.0 Å². The minimum atomic E-state index is 0.237. The van der Waals surface area contributed by atoms with Crippen LogP contribution in [0.25, 0.3) is 0 Å². The molecule has 0 aliphatic heterocycles. The van der Waals surface area contributed by atoms with Crippen LogP contribution in [0.1, 0.15) is 55.8 Å². The van der Waals surface area contributed by atoms with Crippen LogP contribution >= 0.6 is 0 Å². The van der Waals surface area contributed by atoms with E-state index in [0.29, 0.717) is 12.2 Å². The van der Waals surface area contributed by atoms with Crippen molar-refractivity contribution >= 4 is 5.78 Å². The molecule has 0 spiro atoms. The number of aromatic nitrogens is 1. The van der Waals surface area contributed by atoms with Gasteiger partial charge in [-0.25, -0.2) is 0 Å². The largest absolute Gasteiger partial charge is 0.496 e. The lowest BCUT2D eigenvalue weighted by atomic mass is 9.78. The first-order chi connectivity index (χ1) is 10.1. The average Bonchev–Trinajstić information content (AvgIpc) is 2.50. The predicted molar refractivity (Wildman–Crippen MR) is 84.7 cm³/mol. The molecule has 1 heterocycles. The van der Waals surface area contributed by atoms with E-state index < -0.39 is 0 Å². The first kappa shape index (κ1) is 16.0. The molecule has 0 amide bonds. The fourth-order valence-corrected chi connectivity index (χ4v) is 3.45. The molecule has 21 heavy (non-hydrogen) atoms. The number of Topliss-reactive ketones (excluding diaryl/α,β-unsaturated/α-hetero) is 1. The molecule has 0 bridgehead atoms. The molecule has 1 aromatic heterocycles. The summed E-state index contributed by atoms with van der Waals surface area (Å²) >= 11 is 0. The summed E-state index contributed by atoms with van der Waals surface area (Å²) < 4.78 is 5.42. The maximum Gasteiger partial charge on any atom is 0.141 e. The van der Waals surface area contributed by atoms with Gasteiger partial charge < -0.3 is 4.74 Å². The highest BCUT2D eigenvalue weighted by atomic mass is 16.5. The third kappa shape index (κ3) is 3.63. The van der Waals surface area contributed by atoms with Gasteiger partial charge in [-0.1, -0.05) is 13.3 Å². The number of carbonyl (C=O) groups is 1. The SMILES string of the molecule is CCC1CCC(C(=O)Cc2ncc(C)c(OC)c2C)CC1. The van der Waals surface area contributed by atoms with Crippen molar-refractivity contribution < 1.29 is 9.53 Å². The molecule has 2 rings (SSSR count). The zero-order valence-electron chi connectivity index (χ0n) is 13.7. The molecule has 0 radical (unpaired) electrons. The highest BCUT2D eigenvalue weighted by Crippen LogP contribution is 2.32. The van der Waals surface area contributed by atoms with Crippen LogP contribution < -0.4 is 4.74 Å². The van der Waals surface area contributed by atoms with Crippen LogP contribution in [0.3, 0.4) is 0 Å². The van der Waals surface area contributed by atoms with Gasteiger partial charge >= 0.3 is 0 Å². The number of pyridine rings is 1. The van der Waals surface area contributed by atoms with E-state index in [2.05, 4.69) is 11.9 Å². The summed E-state index contributed by atoms with van der Waals surface area (Å²) in [6.45, 7) is 6.23. The molecule has 1 fully saturated rings. The van der Waals surface area contributed by atoms with Crippen molar-refractivity contribution in [2.24, 2.45) is 11.8 Å². The number of ether oxygens (including phenoxy) is 1. The van der Waals surface area contributed by atoms with E-state index >= 15 is 0 Å². The Hall–Kier alpha value is -1.38. The molecule has 0 saturated heterocycles. The smallest absolute Gasteiger partial charge is 0.141 e. The van der Waals surface area contributed by atoms with Gasteiger partial charge in [-0.3, -0.25) is 9.78 Å². The molecule has 0 unspecified atom stereocenters. The van der Waals surface area contributed by atoms with E-state index in [1.807, 2.05) is 20.0 Å². The lowest BCUT2D eigenvalue weighted by molar-refractivity contribution is -0.123. The Labute approximate surface area is 128 Å². The number of nitrogens with zero attached hydrogens (tertiary/aromatic N) is 1. The van der Waals surface area contributed by atoms with E-state index in [1.54, 1.807) is 7.11 Å². The minimum Gasteiger partial charge on any atom is -0.496 e. The standard InChI is InChI=1S/C18H27NO2/c1-5-14-6-8-15(9-7-14)17(20)10-16-13(3)18(21-4)12(2)11-19-16/h11,14-15H,5-10H2,1-4H3. The summed E-state index contributed by atoms with van der Waals surface area (Å²) in [7, 11) is 1.67. The van der Waals surface area contributed by atoms with Crippen LogP contribution in [0, 0.1) is 25.7 Å². The second-order valence-corrected chi connectivity index (χ2v) is 6.32. The Morgan fingerprint density at radius 1 is 1.29 bits per heavy atom. The summed E-state index contributed by atoms with van der Waals surface area (Å²) in [5.41, 5.74) is 2.91. The molecule has 1 aromatic rings. The molecular weight excluding hydrogens is 262 g/mol. The van der Waals surface area contributed by atoms with Crippen LogP contribution in [-0.4, -0.2) is 17.9 Å². The lowest BCUT2D eigenvalue weighted by Crippen LogP contribution is -2.23. The summed E-state index contributed by atoms with van der Waals surface area (Å²) in [4.78, 5) is 17.0. The van der Waals surface area contributed by atoms with Gasteiger partial charge in [-0.2, -0.15) is 0 Å². The summed E-state index contributed by atoms with van der Waals surface area (Å²) in [5, 5.41) is 0. The molecule has 3 nitrogen and oxygen atoms in total. The maximum atomic E-state index is 12.5. The Bertz CT molecular complexity index is 502. The number of hydrogen-bond acceptors (Lipinski definition) is 3. The van der Waals surface area contributed by atoms with E-state index in [0.717, 1.165) is 41.3 Å². The zero-order chi connectivity index (χ0) is 15.4. The van der Waals surface area contributed by atoms with Gasteiger partial charge in [0.15, 0.2) is 0 Å². The molecule has 116 valence electrons. The fraction of sp³-hybridized carbons (Fsp3) is 0.667. The molecule has 0 atom stereocenters. The Morgan fingerprint density at radius 3 is 2.52 bits per heavy atom. The number of aryl methyl sites for hydroxylation is 1. The van der Waals surface area contributed by atoms with Crippen molar-refractivity contribution in [2.45, 2.75) is 59.3 Å². The summed E-state index contributed by atoms with van der Waals surface area (Å²) in [6, 6.07) is 0. The number of carbonyl (C=O) groups excluding carboxylic acids is 1. The normalized spacial score (nSPS) is 22.1. The average molecular weight is 289 g/mol. The van der Waals surface area contributed by atoms with Gasteiger partial charge in [0.05, 0.1) is 12.8 Å². The van der Waals surface area contributed by atoms with Crippen molar-refractivity contribution in [2.75, 3.05) is 7.11 Å². The summed E-state index contributed by atoms with van der Waals surface area (Å²) in [5.74, 6) is 2.28. The second-order valence-electron chi connectivity index (χ2n) is 6.32. The number of methoxy groups -OCH3 is 1. The zero-order valence-corrected chi connectivity index (χ0v) is 13.7. The fourth-order valence-electron chi connectivity index (χ4n) is 3.45. The van der Waals surface area contributed by atoms with Gasteiger partial charge in [-0.05, 0) is 45.4 Å². The lowest BCUT2D eigenvalue weighted by Gasteiger charge is -2.27. The molecule has 0 aromatic carbocycles. The first-order valence-electron chi connectivity index (χ1n) is 8.08. The predicted octanol–water partition coefficient (Wildman–Crippen LogP) is 4.04. The van der Waals surface area contributed by atoms with Gasteiger partial charge in [0.25, 0.3) is 0 Å². The van der Waals surface area contributed by atoms with Crippen LogP contribution in [0.2, 0.25) is 0 Å². The maximum absolute atomic E-state index is 12.5. The van der Waals surface area contributed by atoms with E-state index in [1.165, 1.54) is 19.3 Å². The Morgan fingerprint density at radius 2 is 1.95 bits per heavy atom. The van der Waals surface area contributed by atoms with Crippen molar-refractivity contribution in [1.82, 2.24) is 4.98 Å². The monoisotopic (exact) mass is 289 g/mol. The molecule has 1 aliphatic rings. The van der Waals surface area contributed by atoms with Gasteiger partial charge in [0.2, 0.25) is 0 Å². The quantitative estimate of drug-likeness (QED) is 0.821. The van der Waals surface area contributed by atoms with Gasteiger partial charge in [0, 0.05) is 29.7 Å². The van der Waals surface area contributed by atoms with Crippen molar-refractivity contribution in [1.29, 1.82) is 0 Å². The number of rotatable bonds is 5. The van der Waals surface area contributed by atoms with E-state index in [-0.39, 0.29) is 5.92 Å². The van der Waals surface area contributed by atoms with Gasteiger partial charge in [-0.15, -0.1) is 0 Å². The number of ketones is 1. The minimum absolute atomic E-state index is 0.237. The Kier molecular flexibility index (Phi) is 5.38. The van der Waals surface area contributed by atoms with Crippen LogP contribution in [0.4, 0.5) is 0 Å². The molecular formula is C18H27NO2. The van der Waals surface area contributed by atoms with Gasteiger partial charge in [0.1, 0.15) is 11.5 Å². The molecule has 3 heteroatoms. The Balaban J connectivity index is 2.03. The van der Waals surface area contributed by atoms with Crippen LogP contribution in [-0.2, 0) is 11.2 Å². The first-order valence-corrected chi connectivity index (χ1v) is 8.08. The van der Waals surface area contributed by atoms with E-state index in [4.69, 9.17) is 4.74 Å². The van der Waals surface area contributed by atoms with Crippen molar-refractivity contribution in [3.63, 3.8) is 0 Å². The highest BCUT2D eigenvalue weighted by molar-refractivity contribution is 5.83. The summed E-state index contributed by atoms with van der Waals surface area (Å²) in [6.07, 6.45) is 8.02. The van der Waals surface area contributed by atoms with Crippen LogP contribution in [0.5, 0.6) is 5.75 Å². The molecule has 1 aliphatic carbocycles. The number of hydrogen-bond donors (Lipinski definition) is 0. The topological polar surface area (TPSA) is 39.2 Å².